The fourth-order valence-electron chi connectivity index (χ4n) is 1.54. The zero-order valence-corrected chi connectivity index (χ0v) is 10.8. The van der Waals surface area contributed by atoms with Crippen LogP contribution in [0.1, 0.15) is 5.56 Å². The minimum atomic E-state index is -0.677. The maximum atomic E-state index is 13.4. The average molecular weight is 278 g/mol. The Kier molecular flexibility index (Phi) is 4.41. The highest BCUT2D eigenvalue weighted by Gasteiger charge is 2.05. The molecule has 0 amide bonds. The second kappa shape index (κ2) is 6.24. The molecule has 2 rings (SSSR count). The standard InChI is InChI=1S/C14H12F2N2S/c15-11-6-7-13(12(16)8-11)18-14(19)17-9-10-4-2-1-3-5-10/h1-8H,9H2,(H2,17,18,19). The molecule has 0 bridgehead atoms. The first-order valence-corrected chi connectivity index (χ1v) is 6.10. The van der Waals surface area contributed by atoms with Crippen molar-refractivity contribution >= 4 is 23.0 Å². The van der Waals surface area contributed by atoms with Gasteiger partial charge in [-0.05, 0) is 29.9 Å². The molecule has 5 heteroatoms. The van der Waals surface area contributed by atoms with E-state index < -0.39 is 11.6 Å². The Bertz CT molecular complexity index is 573. The van der Waals surface area contributed by atoms with Gasteiger partial charge in [0.2, 0.25) is 0 Å². The van der Waals surface area contributed by atoms with E-state index >= 15 is 0 Å². The van der Waals surface area contributed by atoms with Gasteiger partial charge in [-0.1, -0.05) is 30.3 Å². The van der Waals surface area contributed by atoms with Crippen LogP contribution in [-0.4, -0.2) is 5.11 Å². The van der Waals surface area contributed by atoms with Crippen LogP contribution in [0.15, 0.2) is 48.5 Å². The molecule has 2 N–H and O–H groups in total. The van der Waals surface area contributed by atoms with Crippen molar-refractivity contribution in [1.29, 1.82) is 0 Å². The van der Waals surface area contributed by atoms with Crippen LogP contribution >= 0.6 is 12.2 Å². The van der Waals surface area contributed by atoms with Crippen molar-refractivity contribution in [3.63, 3.8) is 0 Å². The van der Waals surface area contributed by atoms with Crippen molar-refractivity contribution in [1.82, 2.24) is 5.32 Å². The summed E-state index contributed by atoms with van der Waals surface area (Å²) in [7, 11) is 0. The summed E-state index contributed by atoms with van der Waals surface area (Å²) in [6.07, 6.45) is 0. The van der Waals surface area contributed by atoms with E-state index in [0.717, 1.165) is 11.6 Å². The third-order valence-electron chi connectivity index (χ3n) is 2.48. The van der Waals surface area contributed by atoms with Crippen LogP contribution in [0.5, 0.6) is 0 Å². The van der Waals surface area contributed by atoms with Crippen LogP contribution in [-0.2, 0) is 6.54 Å². The van der Waals surface area contributed by atoms with E-state index in [1.54, 1.807) is 0 Å². The van der Waals surface area contributed by atoms with E-state index in [9.17, 15) is 8.78 Å². The number of hydrogen-bond acceptors (Lipinski definition) is 1. The predicted molar refractivity (Wildman–Crippen MR) is 75.9 cm³/mol. The highest BCUT2D eigenvalue weighted by atomic mass is 32.1. The molecule has 0 fully saturated rings. The summed E-state index contributed by atoms with van der Waals surface area (Å²) in [4.78, 5) is 0. The number of benzene rings is 2. The largest absolute Gasteiger partial charge is 0.358 e. The van der Waals surface area contributed by atoms with Crippen LogP contribution in [0.4, 0.5) is 14.5 Å². The van der Waals surface area contributed by atoms with Crippen molar-refractivity contribution in [2.24, 2.45) is 0 Å². The molecule has 19 heavy (non-hydrogen) atoms. The van der Waals surface area contributed by atoms with E-state index in [2.05, 4.69) is 10.6 Å². The van der Waals surface area contributed by atoms with Crippen LogP contribution in [0.3, 0.4) is 0 Å². The van der Waals surface area contributed by atoms with Gasteiger partial charge in [-0.25, -0.2) is 8.78 Å². The first-order chi connectivity index (χ1) is 9.15. The van der Waals surface area contributed by atoms with Gasteiger partial charge in [0.25, 0.3) is 0 Å². The third-order valence-corrected chi connectivity index (χ3v) is 2.72. The lowest BCUT2D eigenvalue weighted by Gasteiger charge is -2.11. The number of anilines is 1. The van der Waals surface area contributed by atoms with Crippen LogP contribution < -0.4 is 10.6 Å². The fourth-order valence-corrected chi connectivity index (χ4v) is 1.72. The van der Waals surface area contributed by atoms with Crippen molar-refractivity contribution in [3.8, 4) is 0 Å². The normalized spacial score (nSPS) is 10.0. The molecule has 98 valence electrons. The topological polar surface area (TPSA) is 24.1 Å². The smallest absolute Gasteiger partial charge is 0.171 e. The average Bonchev–Trinajstić information content (AvgIpc) is 2.41. The quantitative estimate of drug-likeness (QED) is 0.841. The first kappa shape index (κ1) is 13.4. The summed E-state index contributed by atoms with van der Waals surface area (Å²) in [6, 6.07) is 13.0. The predicted octanol–water partition coefficient (Wildman–Crippen LogP) is 3.45. The maximum Gasteiger partial charge on any atom is 0.171 e. The van der Waals surface area contributed by atoms with Gasteiger partial charge in [-0.2, -0.15) is 0 Å². The molecule has 0 spiro atoms. The minimum Gasteiger partial charge on any atom is -0.358 e. The molecule has 2 aromatic carbocycles. The molecular formula is C14H12F2N2S. The Morgan fingerprint density at radius 2 is 1.79 bits per heavy atom. The molecule has 0 aliphatic rings. The summed E-state index contributed by atoms with van der Waals surface area (Å²) in [5.74, 6) is -1.30. The van der Waals surface area contributed by atoms with E-state index in [1.807, 2.05) is 30.3 Å². The van der Waals surface area contributed by atoms with Crippen molar-refractivity contribution in [2.75, 3.05) is 5.32 Å². The molecule has 2 aromatic rings. The van der Waals surface area contributed by atoms with E-state index in [4.69, 9.17) is 12.2 Å². The van der Waals surface area contributed by atoms with E-state index in [0.29, 0.717) is 6.54 Å². The van der Waals surface area contributed by atoms with Gasteiger partial charge in [0.15, 0.2) is 5.11 Å². The Balaban J connectivity index is 1.91. The number of rotatable bonds is 3. The zero-order valence-electron chi connectivity index (χ0n) is 9.99. The summed E-state index contributed by atoms with van der Waals surface area (Å²) in [5.41, 5.74) is 1.21. The van der Waals surface area contributed by atoms with Crippen molar-refractivity contribution < 1.29 is 8.78 Å². The molecule has 0 aliphatic heterocycles. The van der Waals surface area contributed by atoms with Gasteiger partial charge in [-0.15, -0.1) is 0 Å². The highest BCUT2D eigenvalue weighted by molar-refractivity contribution is 7.80. The first-order valence-electron chi connectivity index (χ1n) is 5.69. The lowest BCUT2D eigenvalue weighted by Crippen LogP contribution is -2.28. The van der Waals surface area contributed by atoms with Gasteiger partial charge in [-0.3, -0.25) is 0 Å². The van der Waals surface area contributed by atoms with Gasteiger partial charge < -0.3 is 10.6 Å². The number of thiocarbonyl (C=S) groups is 1. The van der Waals surface area contributed by atoms with E-state index in [1.165, 1.54) is 12.1 Å². The zero-order chi connectivity index (χ0) is 13.7. The molecule has 0 saturated carbocycles. The van der Waals surface area contributed by atoms with Crippen LogP contribution in [0, 0.1) is 11.6 Å². The van der Waals surface area contributed by atoms with E-state index in [-0.39, 0.29) is 10.8 Å². The number of halogens is 2. The Labute approximate surface area is 115 Å². The number of hydrogen-bond donors (Lipinski definition) is 2. The molecule has 2 nitrogen and oxygen atoms in total. The number of nitrogens with one attached hydrogen (secondary N) is 2. The Hall–Kier alpha value is -2.01. The maximum absolute atomic E-state index is 13.4. The molecule has 0 radical (unpaired) electrons. The monoisotopic (exact) mass is 278 g/mol. The van der Waals surface area contributed by atoms with Gasteiger partial charge in [0.05, 0.1) is 5.69 Å². The highest BCUT2D eigenvalue weighted by Crippen LogP contribution is 2.14. The third kappa shape index (κ3) is 3.99. The summed E-state index contributed by atoms with van der Waals surface area (Å²) >= 11 is 5.05. The second-order valence-corrected chi connectivity index (χ2v) is 4.33. The molecular weight excluding hydrogens is 266 g/mol. The molecule has 0 aliphatic carbocycles. The Morgan fingerprint density at radius 1 is 1.05 bits per heavy atom. The lowest BCUT2D eigenvalue weighted by atomic mass is 10.2. The van der Waals surface area contributed by atoms with Crippen molar-refractivity contribution in [2.45, 2.75) is 6.54 Å². The molecule has 0 aromatic heterocycles. The lowest BCUT2D eigenvalue weighted by molar-refractivity contribution is 0.586. The van der Waals surface area contributed by atoms with Crippen LogP contribution in [0.25, 0.3) is 0 Å². The van der Waals surface area contributed by atoms with Gasteiger partial charge >= 0.3 is 0 Å². The summed E-state index contributed by atoms with van der Waals surface area (Å²) < 4.78 is 26.1. The molecule has 0 atom stereocenters. The molecule has 0 heterocycles. The van der Waals surface area contributed by atoms with Gasteiger partial charge in [0, 0.05) is 12.6 Å². The molecule has 0 unspecified atom stereocenters. The minimum absolute atomic E-state index is 0.145. The second-order valence-electron chi connectivity index (χ2n) is 3.92. The summed E-state index contributed by atoms with van der Waals surface area (Å²) in [6.45, 7) is 0.537. The SMILES string of the molecule is Fc1ccc(NC(=S)NCc2ccccc2)c(F)c1. The molecule has 0 saturated heterocycles. The summed E-state index contributed by atoms with van der Waals surface area (Å²) in [5, 5.41) is 5.92. The van der Waals surface area contributed by atoms with Crippen molar-refractivity contribution in [3.05, 3.63) is 65.7 Å². The fraction of sp³-hybridized carbons (Fsp3) is 0.0714. The van der Waals surface area contributed by atoms with Crippen LogP contribution in [0.2, 0.25) is 0 Å². The Morgan fingerprint density at radius 3 is 2.47 bits per heavy atom. The van der Waals surface area contributed by atoms with Gasteiger partial charge in [0.1, 0.15) is 11.6 Å².